The summed E-state index contributed by atoms with van der Waals surface area (Å²) in [4.78, 5) is 64.4. The van der Waals surface area contributed by atoms with E-state index in [4.69, 9.17) is 9.47 Å². The Bertz CT molecular complexity index is 1020. The first-order valence-corrected chi connectivity index (χ1v) is 11.6. The number of carbonyl (C=O) groups is 5. The van der Waals surface area contributed by atoms with Gasteiger partial charge in [-0.15, -0.1) is 0 Å². The van der Waals surface area contributed by atoms with Gasteiger partial charge in [0.15, 0.2) is 0 Å². The van der Waals surface area contributed by atoms with Gasteiger partial charge in [-0.1, -0.05) is 26.0 Å². The van der Waals surface area contributed by atoms with Gasteiger partial charge in [-0.2, -0.15) is 0 Å². The molecular weight excluding hydrogens is 458 g/mol. The molecule has 190 valence electrons. The molecule has 3 rings (SSSR count). The van der Waals surface area contributed by atoms with Gasteiger partial charge in [0.05, 0.1) is 30.9 Å². The van der Waals surface area contributed by atoms with Crippen LogP contribution in [0.5, 0.6) is 0 Å². The van der Waals surface area contributed by atoms with Crippen LogP contribution < -0.4 is 5.32 Å². The SMILES string of the molecule is CCOCCOCCN(CC(C)(C)c1cccc2c1C(=O)N(C1CCC(=O)NC1=O)C2=O)C(=O)O. The summed E-state index contributed by atoms with van der Waals surface area (Å²) in [6.45, 7) is 7.15. The lowest BCUT2D eigenvalue weighted by atomic mass is 9.80. The van der Waals surface area contributed by atoms with Gasteiger partial charge < -0.3 is 19.5 Å². The third-order valence-electron chi connectivity index (χ3n) is 6.14. The second-order valence-corrected chi connectivity index (χ2v) is 9.07. The maximum absolute atomic E-state index is 13.4. The van der Waals surface area contributed by atoms with Crippen LogP contribution in [0.15, 0.2) is 18.2 Å². The van der Waals surface area contributed by atoms with Crippen LogP contribution in [-0.2, 0) is 24.5 Å². The molecule has 1 atom stereocenters. The Morgan fingerprint density at radius 2 is 1.86 bits per heavy atom. The van der Waals surface area contributed by atoms with Gasteiger partial charge in [0.1, 0.15) is 6.04 Å². The Morgan fingerprint density at radius 3 is 2.51 bits per heavy atom. The molecule has 11 heteroatoms. The predicted octanol–water partition coefficient (Wildman–Crippen LogP) is 1.40. The molecule has 11 nitrogen and oxygen atoms in total. The van der Waals surface area contributed by atoms with Crippen LogP contribution in [-0.4, -0.2) is 90.2 Å². The molecule has 2 heterocycles. The topological polar surface area (TPSA) is 143 Å². The third-order valence-corrected chi connectivity index (χ3v) is 6.14. The van der Waals surface area contributed by atoms with Crippen molar-refractivity contribution < 1.29 is 38.6 Å². The zero-order chi connectivity index (χ0) is 25.8. The summed E-state index contributed by atoms with van der Waals surface area (Å²) < 4.78 is 10.6. The Kier molecular flexibility index (Phi) is 8.23. The lowest BCUT2D eigenvalue weighted by Gasteiger charge is -2.33. The molecule has 1 fully saturated rings. The maximum Gasteiger partial charge on any atom is 0.407 e. The highest BCUT2D eigenvalue weighted by molar-refractivity contribution is 6.24. The number of benzene rings is 1. The van der Waals surface area contributed by atoms with E-state index in [1.54, 1.807) is 26.0 Å². The second-order valence-electron chi connectivity index (χ2n) is 9.07. The molecule has 1 saturated heterocycles. The fourth-order valence-electron chi connectivity index (χ4n) is 4.42. The van der Waals surface area contributed by atoms with E-state index >= 15 is 0 Å². The molecule has 5 amide bonds. The highest BCUT2D eigenvalue weighted by Gasteiger charge is 2.47. The monoisotopic (exact) mass is 489 g/mol. The molecular formula is C24H31N3O8. The minimum Gasteiger partial charge on any atom is -0.465 e. The van der Waals surface area contributed by atoms with E-state index in [1.165, 1.54) is 11.0 Å². The molecule has 2 N–H and O–H groups in total. The lowest BCUT2D eigenvalue weighted by molar-refractivity contribution is -0.136. The number of piperidine rings is 1. The van der Waals surface area contributed by atoms with Crippen LogP contribution in [0.3, 0.4) is 0 Å². The predicted molar refractivity (Wildman–Crippen MR) is 123 cm³/mol. The molecule has 0 saturated carbocycles. The van der Waals surface area contributed by atoms with E-state index in [1.807, 2.05) is 6.92 Å². The number of carbonyl (C=O) groups excluding carboxylic acids is 4. The van der Waals surface area contributed by atoms with E-state index in [0.29, 0.717) is 25.4 Å². The molecule has 0 aromatic heterocycles. The van der Waals surface area contributed by atoms with Crippen molar-refractivity contribution >= 4 is 29.7 Å². The zero-order valence-corrected chi connectivity index (χ0v) is 20.2. The van der Waals surface area contributed by atoms with Crippen molar-refractivity contribution in [2.75, 3.05) is 39.5 Å². The van der Waals surface area contributed by atoms with Crippen molar-refractivity contribution in [3.05, 3.63) is 34.9 Å². The molecule has 0 aliphatic carbocycles. The average molecular weight is 490 g/mol. The van der Waals surface area contributed by atoms with Crippen LogP contribution in [0.4, 0.5) is 4.79 Å². The Balaban J connectivity index is 1.79. The smallest absolute Gasteiger partial charge is 0.407 e. The Morgan fingerprint density at radius 1 is 1.14 bits per heavy atom. The summed E-state index contributed by atoms with van der Waals surface area (Å²) in [7, 11) is 0. The molecule has 1 aromatic carbocycles. The molecule has 1 aromatic rings. The average Bonchev–Trinajstić information content (AvgIpc) is 3.05. The van der Waals surface area contributed by atoms with Gasteiger partial charge in [-0.3, -0.25) is 29.4 Å². The van der Waals surface area contributed by atoms with E-state index < -0.39 is 41.2 Å². The largest absolute Gasteiger partial charge is 0.465 e. The number of amides is 5. The van der Waals surface area contributed by atoms with Crippen LogP contribution in [0.2, 0.25) is 0 Å². The highest BCUT2D eigenvalue weighted by Crippen LogP contribution is 2.36. The molecule has 0 bridgehead atoms. The first-order valence-electron chi connectivity index (χ1n) is 11.6. The number of imide groups is 2. The number of hydrogen-bond acceptors (Lipinski definition) is 7. The number of hydrogen-bond donors (Lipinski definition) is 2. The van der Waals surface area contributed by atoms with E-state index in [2.05, 4.69) is 5.32 Å². The number of ether oxygens (including phenoxy) is 2. The van der Waals surface area contributed by atoms with E-state index in [-0.39, 0.29) is 43.7 Å². The minimum absolute atomic E-state index is 0.0301. The molecule has 35 heavy (non-hydrogen) atoms. The summed E-state index contributed by atoms with van der Waals surface area (Å²) in [5, 5.41) is 11.9. The fraction of sp³-hybridized carbons (Fsp3) is 0.542. The standard InChI is InChI=1S/C24H31N3O8/c1-4-34-12-13-35-11-10-26(23(32)33)14-24(2,3)16-7-5-6-15-19(16)22(31)27(21(15)30)17-8-9-18(28)25-20(17)29/h5-7,17H,4,8-14H2,1-3H3,(H,32,33)(H,25,28,29). The summed E-state index contributed by atoms with van der Waals surface area (Å²) in [6, 6.07) is 3.77. The zero-order valence-electron chi connectivity index (χ0n) is 20.2. The third kappa shape index (κ3) is 5.68. The Hall–Kier alpha value is -3.31. The van der Waals surface area contributed by atoms with Crippen LogP contribution in [0, 0.1) is 0 Å². The first kappa shape index (κ1) is 26.3. The summed E-state index contributed by atoms with van der Waals surface area (Å²) in [5.74, 6) is -2.35. The van der Waals surface area contributed by atoms with Crippen molar-refractivity contribution in [2.24, 2.45) is 0 Å². The summed E-state index contributed by atoms with van der Waals surface area (Å²) in [6.07, 6.45) is -1.04. The van der Waals surface area contributed by atoms with Gasteiger partial charge in [0.25, 0.3) is 11.8 Å². The van der Waals surface area contributed by atoms with Crippen molar-refractivity contribution in [2.45, 2.75) is 45.1 Å². The molecule has 2 aliphatic rings. The first-order chi connectivity index (χ1) is 16.6. The van der Waals surface area contributed by atoms with Gasteiger partial charge >= 0.3 is 6.09 Å². The van der Waals surface area contributed by atoms with E-state index in [9.17, 15) is 29.1 Å². The molecule has 0 radical (unpaired) electrons. The van der Waals surface area contributed by atoms with Crippen LogP contribution >= 0.6 is 0 Å². The number of fused-ring (bicyclic) bond motifs is 1. The van der Waals surface area contributed by atoms with Gasteiger partial charge in [0.2, 0.25) is 11.8 Å². The lowest BCUT2D eigenvalue weighted by Crippen LogP contribution is -2.54. The van der Waals surface area contributed by atoms with Gasteiger partial charge in [0, 0.05) is 31.5 Å². The fourth-order valence-corrected chi connectivity index (χ4v) is 4.42. The van der Waals surface area contributed by atoms with Crippen LogP contribution in [0.1, 0.15) is 59.9 Å². The normalized spacial score (nSPS) is 18.0. The van der Waals surface area contributed by atoms with E-state index in [0.717, 1.165) is 4.90 Å². The molecule has 1 unspecified atom stereocenters. The summed E-state index contributed by atoms with van der Waals surface area (Å²) >= 11 is 0. The van der Waals surface area contributed by atoms with Crippen molar-refractivity contribution in [1.29, 1.82) is 0 Å². The number of rotatable bonds is 11. The van der Waals surface area contributed by atoms with Gasteiger partial charge in [-0.05, 0) is 25.0 Å². The second kappa shape index (κ2) is 11.0. The maximum atomic E-state index is 13.4. The summed E-state index contributed by atoms with van der Waals surface area (Å²) in [5.41, 5.74) is -0.0187. The number of nitrogens with zero attached hydrogens (tertiary/aromatic N) is 2. The van der Waals surface area contributed by atoms with Crippen molar-refractivity contribution in [3.8, 4) is 0 Å². The highest BCUT2D eigenvalue weighted by atomic mass is 16.5. The Labute approximate surface area is 203 Å². The number of nitrogens with one attached hydrogen (secondary N) is 1. The van der Waals surface area contributed by atoms with Gasteiger partial charge in [-0.25, -0.2) is 4.79 Å². The molecule has 0 spiro atoms. The number of carboxylic acid groups (broad SMARTS) is 1. The van der Waals surface area contributed by atoms with Crippen molar-refractivity contribution in [1.82, 2.24) is 15.1 Å². The van der Waals surface area contributed by atoms with Crippen LogP contribution in [0.25, 0.3) is 0 Å². The minimum atomic E-state index is -1.13. The molecule has 2 aliphatic heterocycles. The quantitative estimate of drug-likeness (QED) is 0.351. The van der Waals surface area contributed by atoms with Crippen molar-refractivity contribution in [3.63, 3.8) is 0 Å².